The highest BCUT2D eigenvalue weighted by Crippen LogP contribution is 2.30. The van der Waals surface area contributed by atoms with Crippen LogP contribution in [-0.2, 0) is 25.5 Å². The molecule has 1 atom stereocenters. The van der Waals surface area contributed by atoms with Crippen LogP contribution in [0.3, 0.4) is 0 Å². The van der Waals surface area contributed by atoms with E-state index >= 15 is 0 Å². The minimum absolute atomic E-state index is 0.00298. The van der Waals surface area contributed by atoms with Crippen molar-refractivity contribution in [3.8, 4) is 0 Å². The first-order chi connectivity index (χ1) is 23.5. The number of rotatable bonds is 16. The number of anilines is 2. The minimum atomic E-state index is -0.453. The Kier molecular flexibility index (Phi) is 13.6. The van der Waals surface area contributed by atoms with Crippen LogP contribution in [0.1, 0.15) is 46.1 Å². The number of ether oxygens (including phenoxy) is 2. The number of likely N-dealkylation sites (N-methyl/N-ethyl adjacent to an activating group) is 2. The molecule has 0 spiro atoms. The second-order valence-electron chi connectivity index (χ2n) is 12.5. The molecule has 3 amide bonds. The number of hydrogen-bond donors (Lipinski definition) is 3. The van der Waals surface area contributed by atoms with Crippen molar-refractivity contribution in [2.45, 2.75) is 39.2 Å². The largest absolute Gasteiger partial charge is 0.383 e. The number of likely N-dealkylation sites (tertiary alicyclic amines) is 1. The number of nitrogens with one attached hydrogen (secondary N) is 1. The third-order valence-corrected chi connectivity index (χ3v) is 8.70. The number of nitrogens with two attached hydrogens (primary N) is 2. The van der Waals surface area contributed by atoms with Gasteiger partial charge in [0.05, 0.1) is 44.3 Å². The topological polar surface area (TPSA) is 187 Å². The van der Waals surface area contributed by atoms with Crippen molar-refractivity contribution in [1.29, 1.82) is 0 Å². The maximum absolute atomic E-state index is 13.7. The Hall–Kier alpha value is -4.44. The molecule has 0 saturated carbocycles. The summed E-state index contributed by atoms with van der Waals surface area (Å²) in [4.78, 5) is 53.2. The van der Waals surface area contributed by atoms with E-state index in [-0.39, 0.29) is 35.8 Å². The molecule has 266 valence electrons. The normalized spacial score (nSPS) is 15.0. The van der Waals surface area contributed by atoms with Crippen LogP contribution in [0.4, 0.5) is 11.5 Å². The van der Waals surface area contributed by atoms with E-state index in [1.807, 2.05) is 33.0 Å². The van der Waals surface area contributed by atoms with Crippen LogP contribution in [0, 0.1) is 13.8 Å². The number of hydrogen-bond acceptors (Lipinski definition) is 11. The van der Waals surface area contributed by atoms with E-state index in [1.54, 1.807) is 40.7 Å². The smallest absolute Gasteiger partial charge is 0.277 e. The van der Waals surface area contributed by atoms with Gasteiger partial charge in [0, 0.05) is 58.6 Å². The molecule has 1 aliphatic rings. The summed E-state index contributed by atoms with van der Waals surface area (Å²) < 4.78 is 12.6. The number of amides is 3. The van der Waals surface area contributed by atoms with Crippen molar-refractivity contribution in [2.75, 3.05) is 91.3 Å². The summed E-state index contributed by atoms with van der Waals surface area (Å²) in [7, 11) is 5.42. The van der Waals surface area contributed by atoms with Gasteiger partial charge in [-0.3, -0.25) is 14.4 Å². The molecule has 15 nitrogen and oxygen atoms in total. The first kappa shape index (κ1) is 37.4. The molecule has 5 N–H and O–H groups in total. The van der Waals surface area contributed by atoms with Crippen LogP contribution >= 0.6 is 0 Å². The Labute approximate surface area is 287 Å². The van der Waals surface area contributed by atoms with Gasteiger partial charge in [-0.1, -0.05) is 12.1 Å². The van der Waals surface area contributed by atoms with Crippen molar-refractivity contribution in [3.63, 3.8) is 0 Å². The summed E-state index contributed by atoms with van der Waals surface area (Å²) in [5.41, 5.74) is 15.5. The lowest BCUT2D eigenvalue weighted by Crippen LogP contribution is -2.40. The Morgan fingerprint density at radius 3 is 2.55 bits per heavy atom. The fourth-order valence-corrected chi connectivity index (χ4v) is 5.63. The van der Waals surface area contributed by atoms with Crippen molar-refractivity contribution in [2.24, 2.45) is 5.73 Å². The second-order valence-corrected chi connectivity index (χ2v) is 12.5. The summed E-state index contributed by atoms with van der Waals surface area (Å²) in [5, 5.41) is 8.06. The van der Waals surface area contributed by atoms with Crippen LogP contribution in [0.15, 0.2) is 30.6 Å². The fourth-order valence-electron chi connectivity index (χ4n) is 5.63. The number of piperidine rings is 1. The molecule has 1 saturated heterocycles. The monoisotopic (exact) mass is 678 g/mol. The standard InChI is InChI=1S/C34H50N10O5/c1-23-24(2)27(11-10-25(23)20-29(46)41(3)4)39-34(47)31-30-32(36)37-22-38-33(30)44(40-31)26-8-6-14-43(21-26)28(45)9-7-13-42(5)15-17-49-19-18-48-16-12-35/h7,9-11,22,26H,6,8,12-21,35H2,1-5H3,(H,39,47)(H2,36,37,38)/b9-7+/t26-/m1/s1. The van der Waals surface area contributed by atoms with Crippen molar-refractivity contribution in [1.82, 2.24) is 34.4 Å². The molecule has 1 aliphatic heterocycles. The van der Waals surface area contributed by atoms with Crippen molar-refractivity contribution >= 4 is 40.3 Å². The molecule has 0 aliphatic carbocycles. The number of aromatic nitrogens is 4. The third kappa shape index (κ3) is 9.81. The molecule has 2 aromatic heterocycles. The molecule has 4 rings (SSSR count). The summed E-state index contributed by atoms with van der Waals surface area (Å²) in [5.74, 6) is -0.396. The molecule has 0 unspecified atom stereocenters. The Bertz CT molecular complexity index is 1640. The summed E-state index contributed by atoms with van der Waals surface area (Å²) in [6.45, 7) is 8.81. The number of nitrogens with zero attached hydrogens (tertiary/aromatic N) is 7. The lowest BCUT2D eigenvalue weighted by Gasteiger charge is -2.32. The van der Waals surface area contributed by atoms with Gasteiger partial charge in [0.1, 0.15) is 12.1 Å². The zero-order valence-electron chi connectivity index (χ0n) is 29.3. The van der Waals surface area contributed by atoms with Gasteiger partial charge in [-0.25, -0.2) is 14.6 Å². The molecular formula is C34H50N10O5. The third-order valence-electron chi connectivity index (χ3n) is 8.70. The van der Waals surface area contributed by atoms with E-state index in [2.05, 4.69) is 20.2 Å². The predicted octanol–water partition coefficient (Wildman–Crippen LogP) is 1.55. The number of fused-ring (bicyclic) bond motifs is 1. The van der Waals surface area contributed by atoms with E-state index in [1.165, 1.54) is 6.33 Å². The van der Waals surface area contributed by atoms with Crippen LogP contribution in [0.25, 0.3) is 11.0 Å². The highest BCUT2D eigenvalue weighted by molar-refractivity contribution is 6.13. The van der Waals surface area contributed by atoms with Crippen molar-refractivity contribution < 1.29 is 23.9 Å². The zero-order chi connectivity index (χ0) is 35.5. The first-order valence-corrected chi connectivity index (χ1v) is 16.6. The van der Waals surface area contributed by atoms with Gasteiger partial charge in [-0.05, 0) is 56.5 Å². The highest BCUT2D eigenvalue weighted by atomic mass is 16.5. The SMILES string of the molecule is Cc1c(CC(=O)N(C)C)ccc(NC(=O)c2nn([C@@H]3CCCN(C(=O)/C=C/CN(C)CCOCCOCCN)C3)c3ncnc(N)c23)c1C. The van der Waals surface area contributed by atoms with Gasteiger partial charge in [0.15, 0.2) is 11.3 Å². The fraction of sp³-hybridized carbons (Fsp3) is 0.529. The number of carbonyl (C=O) groups is 3. The van der Waals surface area contributed by atoms with Crippen LogP contribution in [0.5, 0.6) is 0 Å². The predicted molar refractivity (Wildman–Crippen MR) is 188 cm³/mol. The molecule has 15 heteroatoms. The number of benzene rings is 1. The zero-order valence-corrected chi connectivity index (χ0v) is 29.3. The van der Waals surface area contributed by atoms with E-state index in [9.17, 15) is 14.4 Å². The van der Waals surface area contributed by atoms with Crippen LogP contribution in [0.2, 0.25) is 0 Å². The number of nitrogen functional groups attached to an aromatic ring is 1. The van der Waals surface area contributed by atoms with E-state index in [0.717, 1.165) is 36.1 Å². The van der Waals surface area contributed by atoms with E-state index < -0.39 is 5.91 Å². The first-order valence-electron chi connectivity index (χ1n) is 16.6. The van der Waals surface area contributed by atoms with Gasteiger partial charge in [0.25, 0.3) is 5.91 Å². The Morgan fingerprint density at radius 2 is 1.82 bits per heavy atom. The maximum Gasteiger partial charge on any atom is 0.277 e. The molecule has 1 aromatic carbocycles. The van der Waals surface area contributed by atoms with Crippen LogP contribution < -0.4 is 16.8 Å². The van der Waals surface area contributed by atoms with Crippen molar-refractivity contribution in [3.05, 3.63) is 53.0 Å². The van der Waals surface area contributed by atoms with Gasteiger partial charge < -0.3 is 41.0 Å². The molecule has 3 heterocycles. The van der Waals surface area contributed by atoms with E-state index in [4.69, 9.17) is 26.0 Å². The average molecular weight is 679 g/mol. The molecule has 1 fully saturated rings. The molecule has 0 radical (unpaired) electrons. The molecule has 0 bridgehead atoms. The second kappa shape index (κ2) is 17.8. The van der Waals surface area contributed by atoms with Gasteiger partial charge in [0.2, 0.25) is 11.8 Å². The quantitative estimate of drug-likeness (QED) is 0.147. The molecular weight excluding hydrogens is 628 g/mol. The van der Waals surface area contributed by atoms with Gasteiger partial charge >= 0.3 is 0 Å². The molecule has 3 aromatic rings. The van der Waals surface area contributed by atoms with Gasteiger partial charge in [-0.2, -0.15) is 5.10 Å². The summed E-state index contributed by atoms with van der Waals surface area (Å²) in [6.07, 6.45) is 6.60. The van der Waals surface area contributed by atoms with E-state index in [0.29, 0.717) is 69.3 Å². The Morgan fingerprint density at radius 1 is 1.06 bits per heavy atom. The minimum Gasteiger partial charge on any atom is -0.383 e. The van der Waals surface area contributed by atoms with Gasteiger partial charge in [-0.15, -0.1) is 0 Å². The summed E-state index contributed by atoms with van der Waals surface area (Å²) in [6, 6.07) is 3.43. The lowest BCUT2D eigenvalue weighted by molar-refractivity contribution is -0.128. The Balaban J connectivity index is 1.42. The number of carbonyl (C=O) groups excluding carboxylic acids is 3. The average Bonchev–Trinajstić information content (AvgIpc) is 3.49. The summed E-state index contributed by atoms with van der Waals surface area (Å²) >= 11 is 0. The molecule has 49 heavy (non-hydrogen) atoms. The maximum atomic E-state index is 13.7. The van der Waals surface area contributed by atoms with Crippen LogP contribution in [-0.4, -0.2) is 132 Å². The lowest BCUT2D eigenvalue weighted by atomic mass is 9.98. The highest BCUT2D eigenvalue weighted by Gasteiger charge is 2.29.